The van der Waals surface area contributed by atoms with Crippen molar-refractivity contribution >= 4 is 56.2 Å². The van der Waals surface area contributed by atoms with Gasteiger partial charge in [0.15, 0.2) is 10.6 Å². The Morgan fingerprint density at radius 2 is 2.03 bits per heavy atom. The average molecular weight is 441 g/mol. The van der Waals surface area contributed by atoms with E-state index in [4.69, 9.17) is 9.15 Å². The van der Waals surface area contributed by atoms with Gasteiger partial charge in [-0.25, -0.2) is 4.79 Å². The van der Waals surface area contributed by atoms with Crippen LogP contribution in [0.2, 0.25) is 0 Å². The minimum atomic E-state index is -0.429. The Hall–Kier alpha value is -2.84. The standard InChI is InChI=1S/C22H20N2O4S2/c1-3-27-21(26)15-8-9-16-19(13-15)30-22(24(16)10-11-29-2)23-20(25)18-12-14-6-4-5-7-17(14)28-18/h4-9,12-13H,3,10-11H2,1-2H3. The van der Waals surface area contributed by atoms with Gasteiger partial charge in [0, 0.05) is 17.7 Å². The van der Waals surface area contributed by atoms with E-state index in [1.54, 1.807) is 36.9 Å². The average Bonchev–Trinajstić information content (AvgIpc) is 3.33. The Labute approximate surface area is 181 Å². The molecule has 2 heterocycles. The molecule has 0 aliphatic rings. The number of ether oxygens (including phenoxy) is 1. The molecule has 4 aromatic rings. The number of hydrogen-bond donors (Lipinski definition) is 0. The lowest BCUT2D eigenvalue weighted by atomic mass is 10.2. The molecule has 0 saturated carbocycles. The Balaban J connectivity index is 1.78. The zero-order chi connectivity index (χ0) is 21.1. The van der Waals surface area contributed by atoms with Gasteiger partial charge in [-0.3, -0.25) is 4.79 Å². The highest BCUT2D eigenvalue weighted by molar-refractivity contribution is 7.98. The number of benzene rings is 2. The minimum Gasteiger partial charge on any atom is -0.462 e. The van der Waals surface area contributed by atoms with Gasteiger partial charge in [0.1, 0.15) is 5.58 Å². The van der Waals surface area contributed by atoms with Crippen molar-refractivity contribution in [3.8, 4) is 0 Å². The molecule has 0 spiro atoms. The number of aromatic nitrogens is 1. The van der Waals surface area contributed by atoms with Crippen molar-refractivity contribution in [2.75, 3.05) is 18.6 Å². The number of aryl methyl sites for hydroxylation is 1. The number of thioether (sulfide) groups is 1. The van der Waals surface area contributed by atoms with Crippen molar-refractivity contribution in [1.29, 1.82) is 0 Å². The first kappa shape index (κ1) is 20.4. The summed E-state index contributed by atoms with van der Waals surface area (Å²) in [5, 5.41) is 0.863. The summed E-state index contributed by atoms with van der Waals surface area (Å²) in [6, 6.07) is 14.6. The smallest absolute Gasteiger partial charge is 0.338 e. The molecule has 8 heteroatoms. The molecule has 6 nitrogen and oxygen atoms in total. The third-order valence-electron chi connectivity index (χ3n) is 4.55. The fraction of sp³-hybridized carbons (Fsp3) is 0.227. The highest BCUT2D eigenvalue weighted by Gasteiger charge is 2.15. The first-order valence-corrected chi connectivity index (χ1v) is 11.7. The number of furan rings is 1. The lowest BCUT2D eigenvalue weighted by Gasteiger charge is -2.05. The number of carbonyl (C=O) groups excluding carboxylic acids is 2. The largest absolute Gasteiger partial charge is 0.462 e. The van der Waals surface area contributed by atoms with Crippen molar-refractivity contribution in [3.05, 3.63) is 64.7 Å². The molecule has 0 N–H and O–H groups in total. The number of para-hydroxylation sites is 1. The molecule has 154 valence electrons. The van der Waals surface area contributed by atoms with E-state index in [9.17, 15) is 9.59 Å². The second-order valence-corrected chi connectivity index (χ2v) is 8.49. The number of carbonyl (C=O) groups is 2. The summed E-state index contributed by atoms with van der Waals surface area (Å²) >= 11 is 3.09. The molecule has 0 radical (unpaired) electrons. The Bertz CT molecular complexity index is 1270. The third kappa shape index (κ3) is 4.06. The molecular weight excluding hydrogens is 420 g/mol. The minimum absolute atomic E-state index is 0.206. The summed E-state index contributed by atoms with van der Waals surface area (Å²) in [7, 11) is 0. The summed E-state index contributed by atoms with van der Waals surface area (Å²) in [4.78, 5) is 29.8. The van der Waals surface area contributed by atoms with E-state index in [0.717, 1.165) is 21.4 Å². The summed E-state index contributed by atoms with van der Waals surface area (Å²) in [6.07, 6.45) is 2.03. The van der Waals surface area contributed by atoms with Crippen LogP contribution in [0.4, 0.5) is 0 Å². The van der Waals surface area contributed by atoms with Gasteiger partial charge in [-0.2, -0.15) is 16.8 Å². The number of esters is 1. The van der Waals surface area contributed by atoms with Crippen LogP contribution in [0, 0.1) is 0 Å². The lowest BCUT2D eigenvalue weighted by Crippen LogP contribution is -2.18. The first-order chi connectivity index (χ1) is 14.6. The second kappa shape index (κ2) is 8.89. The SMILES string of the molecule is CCOC(=O)c1ccc2c(c1)sc(=NC(=O)c1cc3ccccc3o1)n2CCSC. The lowest BCUT2D eigenvalue weighted by molar-refractivity contribution is 0.0526. The van der Waals surface area contributed by atoms with Crippen molar-refractivity contribution in [2.24, 2.45) is 4.99 Å². The van der Waals surface area contributed by atoms with Gasteiger partial charge in [-0.1, -0.05) is 29.5 Å². The van der Waals surface area contributed by atoms with Crippen LogP contribution in [0.3, 0.4) is 0 Å². The highest BCUT2D eigenvalue weighted by atomic mass is 32.2. The summed E-state index contributed by atoms with van der Waals surface area (Å²) in [6.45, 7) is 2.80. The summed E-state index contributed by atoms with van der Waals surface area (Å²) < 4.78 is 13.6. The van der Waals surface area contributed by atoms with Gasteiger partial charge in [-0.05, 0) is 43.5 Å². The highest BCUT2D eigenvalue weighted by Crippen LogP contribution is 2.22. The van der Waals surface area contributed by atoms with Gasteiger partial charge < -0.3 is 13.7 Å². The molecule has 2 aromatic heterocycles. The first-order valence-electron chi connectivity index (χ1n) is 9.47. The van der Waals surface area contributed by atoms with E-state index in [1.807, 2.05) is 41.2 Å². The van der Waals surface area contributed by atoms with Gasteiger partial charge in [0.2, 0.25) is 0 Å². The van der Waals surface area contributed by atoms with Crippen LogP contribution >= 0.6 is 23.1 Å². The molecule has 0 saturated heterocycles. The third-order valence-corrected chi connectivity index (χ3v) is 6.18. The maximum atomic E-state index is 12.8. The Kier molecular flexibility index (Phi) is 6.06. The number of nitrogens with zero attached hydrogens (tertiary/aromatic N) is 2. The molecule has 0 atom stereocenters. The van der Waals surface area contributed by atoms with Crippen LogP contribution in [-0.2, 0) is 11.3 Å². The van der Waals surface area contributed by atoms with Gasteiger partial charge in [0.25, 0.3) is 0 Å². The van der Waals surface area contributed by atoms with Crippen molar-refractivity contribution in [2.45, 2.75) is 13.5 Å². The monoisotopic (exact) mass is 440 g/mol. The molecule has 4 rings (SSSR count). The number of thiazole rings is 1. The second-order valence-electron chi connectivity index (χ2n) is 6.50. The van der Waals surface area contributed by atoms with Crippen LogP contribution in [0.15, 0.2) is 57.9 Å². The zero-order valence-corrected chi connectivity index (χ0v) is 18.2. The molecule has 2 aromatic carbocycles. The summed E-state index contributed by atoms with van der Waals surface area (Å²) in [5.41, 5.74) is 2.07. The van der Waals surface area contributed by atoms with E-state index in [1.165, 1.54) is 11.3 Å². The normalized spacial score (nSPS) is 12.0. The number of amides is 1. The van der Waals surface area contributed by atoms with E-state index in [-0.39, 0.29) is 11.7 Å². The molecule has 0 aliphatic heterocycles. The van der Waals surface area contributed by atoms with Crippen LogP contribution < -0.4 is 4.80 Å². The molecular formula is C22H20N2O4S2. The molecule has 0 unspecified atom stereocenters. The zero-order valence-electron chi connectivity index (χ0n) is 16.6. The van der Waals surface area contributed by atoms with Gasteiger partial charge in [-0.15, -0.1) is 0 Å². The predicted octanol–water partition coefficient (Wildman–Crippen LogP) is 4.73. The van der Waals surface area contributed by atoms with E-state index in [2.05, 4.69) is 4.99 Å². The van der Waals surface area contributed by atoms with Crippen LogP contribution in [-0.4, -0.2) is 35.1 Å². The van der Waals surface area contributed by atoms with Crippen LogP contribution in [0.1, 0.15) is 27.8 Å². The Morgan fingerprint density at radius 1 is 1.20 bits per heavy atom. The van der Waals surface area contributed by atoms with Crippen LogP contribution in [0.25, 0.3) is 21.2 Å². The quantitative estimate of drug-likeness (QED) is 0.405. The molecule has 0 fully saturated rings. The Morgan fingerprint density at radius 3 is 2.80 bits per heavy atom. The topological polar surface area (TPSA) is 73.8 Å². The molecule has 0 bridgehead atoms. The van der Waals surface area contributed by atoms with E-state index < -0.39 is 5.91 Å². The summed E-state index contributed by atoms with van der Waals surface area (Å²) in [5.74, 6) is 0.288. The molecule has 30 heavy (non-hydrogen) atoms. The van der Waals surface area contributed by atoms with Crippen molar-refractivity contribution in [3.63, 3.8) is 0 Å². The van der Waals surface area contributed by atoms with Crippen molar-refractivity contribution < 1.29 is 18.7 Å². The number of hydrogen-bond acceptors (Lipinski definition) is 6. The fourth-order valence-electron chi connectivity index (χ4n) is 3.13. The van der Waals surface area contributed by atoms with E-state index >= 15 is 0 Å². The molecule has 0 aliphatic carbocycles. The number of fused-ring (bicyclic) bond motifs is 2. The van der Waals surface area contributed by atoms with E-state index in [0.29, 0.717) is 29.1 Å². The fourth-order valence-corrected chi connectivity index (χ4v) is 4.59. The predicted molar refractivity (Wildman–Crippen MR) is 120 cm³/mol. The molecule has 1 amide bonds. The maximum absolute atomic E-state index is 12.8. The van der Waals surface area contributed by atoms with Gasteiger partial charge >= 0.3 is 11.9 Å². The van der Waals surface area contributed by atoms with Crippen molar-refractivity contribution in [1.82, 2.24) is 4.57 Å². The maximum Gasteiger partial charge on any atom is 0.338 e. The number of rotatable bonds is 6. The van der Waals surface area contributed by atoms with Crippen LogP contribution in [0.5, 0.6) is 0 Å². The van der Waals surface area contributed by atoms with Gasteiger partial charge in [0.05, 0.1) is 22.4 Å².